The Kier molecular flexibility index (Phi) is 5.58. The van der Waals surface area contributed by atoms with E-state index in [1.54, 1.807) is 57.1 Å². The highest BCUT2D eigenvalue weighted by Crippen LogP contribution is 2.35. The molecule has 3 heterocycles. The molecule has 0 radical (unpaired) electrons. The third kappa shape index (κ3) is 4.02. The first-order chi connectivity index (χ1) is 15.2. The number of aromatic nitrogens is 2. The van der Waals surface area contributed by atoms with Gasteiger partial charge in [0.1, 0.15) is 11.6 Å². The molecule has 0 aliphatic carbocycles. The predicted octanol–water partition coefficient (Wildman–Crippen LogP) is 2.27. The standard InChI is InChI=1S/C23H27N5O4/c1-13-16(20(29)24-4)11-25-19(26-13)15-6-5-9-28(12-15)21(30)14-7-8-18-17(10-14)27-22(31)23(2,3)32-18/h7-8,10-11,15H,5-6,9,12H2,1-4H3,(H,24,29)(H,27,31)/t15-/m1/s1. The summed E-state index contributed by atoms with van der Waals surface area (Å²) in [5, 5.41) is 5.40. The molecule has 0 saturated carbocycles. The number of carbonyl (C=O) groups excluding carboxylic acids is 3. The monoisotopic (exact) mass is 437 g/mol. The summed E-state index contributed by atoms with van der Waals surface area (Å²) >= 11 is 0. The van der Waals surface area contributed by atoms with E-state index in [4.69, 9.17) is 4.74 Å². The fourth-order valence-electron chi connectivity index (χ4n) is 4.04. The van der Waals surface area contributed by atoms with Crippen molar-refractivity contribution in [3.05, 3.63) is 47.0 Å². The lowest BCUT2D eigenvalue weighted by Gasteiger charge is -2.33. The maximum atomic E-state index is 13.2. The molecule has 168 valence electrons. The number of amides is 3. The van der Waals surface area contributed by atoms with Crippen molar-refractivity contribution < 1.29 is 19.1 Å². The average molecular weight is 438 g/mol. The number of piperidine rings is 1. The van der Waals surface area contributed by atoms with Gasteiger partial charge in [0.05, 0.1) is 16.9 Å². The van der Waals surface area contributed by atoms with Crippen molar-refractivity contribution in [3.63, 3.8) is 0 Å². The Hall–Kier alpha value is -3.49. The molecule has 2 aromatic rings. The number of nitrogens with zero attached hydrogens (tertiary/aromatic N) is 3. The van der Waals surface area contributed by atoms with Crippen LogP contribution in [0.25, 0.3) is 0 Å². The summed E-state index contributed by atoms with van der Waals surface area (Å²) in [6, 6.07) is 5.10. The van der Waals surface area contributed by atoms with Gasteiger partial charge in [0.25, 0.3) is 17.7 Å². The summed E-state index contributed by atoms with van der Waals surface area (Å²) < 4.78 is 5.75. The quantitative estimate of drug-likeness (QED) is 0.762. The summed E-state index contributed by atoms with van der Waals surface area (Å²) in [4.78, 5) is 48.0. The van der Waals surface area contributed by atoms with Crippen LogP contribution in [0.3, 0.4) is 0 Å². The van der Waals surface area contributed by atoms with Crippen LogP contribution in [-0.2, 0) is 4.79 Å². The van der Waals surface area contributed by atoms with E-state index in [1.807, 2.05) is 0 Å². The smallest absolute Gasteiger partial charge is 0.268 e. The number of anilines is 1. The van der Waals surface area contributed by atoms with Gasteiger partial charge in [0.2, 0.25) is 0 Å². The molecule has 4 rings (SSSR count). The Morgan fingerprint density at radius 2 is 2.09 bits per heavy atom. The zero-order chi connectivity index (χ0) is 23.0. The van der Waals surface area contributed by atoms with Gasteiger partial charge < -0.3 is 20.3 Å². The van der Waals surface area contributed by atoms with E-state index in [2.05, 4.69) is 20.6 Å². The van der Waals surface area contributed by atoms with Gasteiger partial charge in [-0.1, -0.05) is 0 Å². The largest absolute Gasteiger partial charge is 0.476 e. The second kappa shape index (κ2) is 8.22. The predicted molar refractivity (Wildman–Crippen MR) is 118 cm³/mol. The number of nitrogens with one attached hydrogen (secondary N) is 2. The molecule has 9 heteroatoms. The number of likely N-dealkylation sites (tertiary alicyclic amines) is 1. The van der Waals surface area contributed by atoms with E-state index in [0.717, 1.165) is 12.8 Å². The fourth-order valence-corrected chi connectivity index (χ4v) is 4.04. The van der Waals surface area contributed by atoms with Crippen LogP contribution in [0.5, 0.6) is 5.75 Å². The molecule has 0 spiro atoms. The molecule has 1 saturated heterocycles. The number of aryl methyl sites for hydroxylation is 1. The summed E-state index contributed by atoms with van der Waals surface area (Å²) in [7, 11) is 1.57. The number of fused-ring (bicyclic) bond motifs is 1. The minimum absolute atomic E-state index is 0.00778. The Balaban J connectivity index is 1.51. The second-order valence-electron chi connectivity index (χ2n) is 8.67. The first kappa shape index (κ1) is 21.7. The zero-order valence-electron chi connectivity index (χ0n) is 18.7. The van der Waals surface area contributed by atoms with Gasteiger partial charge in [-0.05, 0) is 51.8 Å². The molecule has 0 unspecified atom stereocenters. The van der Waals surface area contributed by atoms with E-state index >= 15 is 0 Å². The molecule has 2 N–H and O–H groups in total. The summed E-state index contributed by atoms with van der Waals surface area (Å²) in [5.41, 5.74) is 1.09. The van der Waals surface area contributed by atoms with Crippen LogP contribution in [0.1, 0.15) is 64.8 Å². The highest BCUT2D eigenvalue weighted by molar-refractivity contribution is 6.02. The van der Waals surface area contributed by atoms with Gasteiger partial charge in [-0.15, -0.1) is 0 Å². The Labute approximate surface area is 186 Å². The van der Waals surface area contributed by atoms with Crippen LogP contribution in [0.2, 0.25) is 0 Å². The maximum Gasteiger partial charge on any atom is 0.268 e. The Morgan fingerprint density at radius 1 is 1.31 bits per heavy atom. The molecule has 2 aliphatic heterocycles. The van der Waals surface area contributed by atoms with E-state index in [-0.39, 0.29) is 23.6 Å². The topological polar surface area (TPSA) is 114 Å². The molecular weight excluding hydrogens is 410 g/mol. The number of hydrogen-bond donors (Lipinski definition) is 2. The van der Waals surface area contributed by atoms with Crippen molar-refractivity contribution in [1.82, 2.24) is 20.2 Å². The number of rotatable bonds is 3. The van der Waals surface area contributed by atoms with Crippen molar-refractivity contribution in [1.29, 1.82) is 0 Å². The van der Waals surface area contributed by atoms with Gasteiger partial charge in [0.15, 0.2) is 5.60 Å². The van der Waals surface area contributed by atoms with Crippen molar-refractivity contribution in [2.75, 3.05) is 25.5 Å². The Bertz CT molecular complexity index is 1100. The van der Waals surface area contributed by atoms with Crippen LogP contribution in [0.15, 0.2) is 24.4 Å². The van der Waals surface area contributed by atoms with Gasteiger partial charge in [-0.3, -0.25) is 14.4 Å². The van der Waals surface area contributed by atoms with E-state index in [9.17, 15) is 14.4 Å². The van der Waals surface area contributed by atoms with Crippen LogP contribution >= 0.6 is 0 Å². The Morgan fingerprint density at radius 3 is 2.81 bits per heavy atom. The van der Waals surface area contributed by atoms with Crippen LogP contribution in [0, 0.1) is 6.92 Å². The van der Waals surface area contributed by atoms with Crippen LogP contribution in [-0.4, -0.2) is 58.3 Å². The molecule has 3 amide bonds. The number of ether oxygens (including phenoxy) is 1. The van der Waals surface area contributed by atoms with Crippen molar-refractivity contribution in [2.45, 2.75) is 45.1 Å². The highest BCUT2D eigenvalue weighted by Gasteiger charge is 2.36. The van der Waals surface area contributed by atoms with Crippen molar-refractivity contribution >= 4 is 23.4 Å². The van der Waals surface area contributed by atoms with Crippen LogP contribution in [0.4, 0.5) is 5.69 Å². The molecule has 0 bridgehead atoms. The second-order valence-corrected chi connectivity index (χ2v) is 8.67. The molecule has 1 aromatic heterocycles. The molecule has 2 aliphatic rings. The third-order valence-corrected chi connectivity index (χ3v) is 5.93. The number of benzene rings is 1. The number of hydrogen-bond acceptors (Lipinski definition) is 6. The minimum Gasteiger partial charge on any atom is -0.476 e. The third-order valence-electron chi connectivity index (χ3n) is 5.93. The van der Waals surface area contributed by atoms with Crippen molar-refractivity contribution in [2.24, 2.45) is 0 Å². The lowest BCUT2D eigenvalue weighted by atomic mass is 9.96. The summed E-state index contributed by atoms with van der Waals surface area (Å²) in [6.45, 7) is 6.31. The summed E-state index contributed by atoms with van der Waals surface area (Å²) in [6.07, 6.45) is 3.24. The SMILES string of the molecule is CNC(=O)c1cnc([C@@H]2CCCN(C(=O)c3ccc4c(c3)NC(=O)C(C)(C)O4)C2)nc1C. The molecule has 1 atom stereocenters. The zero-order valence-corrected chi connectivity index (χ0v) is 18.7. The lowest BCUT2D eigenvalue weighted by molar-refractivity contribution is -0.129. The van der Waals surface area contributed by atoms with E-state index in [0.29, 0.717) is 47.2 Å². The first-order valence-corrected chi connectivity index (χ1v) is 10.7. The minimum atomic E-state index is -0.954. The molecule has 1 fully saturated rings. The van der Waals surface area contributed by atoms with Crippen LogP contribution < -0.4 is 15.4 Å². The first-order valence-electron chi connectivity index (χ1n) is 10.7. The van der Waals surface area contributed by atoms with Gasteiger partial charge in [-0.2, -0.15) is 0 Å². The molecule has 9 nitrogen and oxygen atoms in total. The van der Waals surface area contributed by atoms with Gasteiger partial charge >= 0.3 is 0 Å². The molecule has 32 heavy (non-hydrogen) atoms. The maximum absolute atomic E-state index is 13.2. The summed E-state index contributed by atoms with van der Waals surface area (Å²) in [5.74, 6) is 0.590. The molecule has 1 aromatic carbocycles. The highest BCUT2D eigenvalue weighted by atomic mass is 16.5. The van der Waals surface area contributed by atoms with E-state index in [1.165, 1.54) is 0 Å². The van der Waals surface area contributed by atoms with Gasteiger partial charge in [0, 0.05) is 37.8 Å². The lowest BCUT2D eigenvalue weighted by Crippen LogP contribution is -2.45. The average Bonchev–Trinajstić information content (AvgIpc) is 2.78. The molecular formula is C23H27N5O4. The van der Waals surface area contributed by atoms with Crippen molar-refractivity contribution in [3.8, 4) is 5.75 Å². The van der Waals surface area contributed by atoms with Gasteiger partial charge in [-0.25, -0.2) is 9.97 Å². The number of carbonyl (C=O) groups is 3. The fraction of sp³-hybridized carbons (Fsp3) is 0.435. The van der Waals surface area contributed by atoms with E-state index < -0.39 is 5.60 Å². The normalized spacial score (nSPS) is 19.4.